The molecule has 5 nitrogen and oxygen atoms in total. The fourth-order valence-electron chi connectivity index (χ4n) is 3.23. The van der Waals surface area contributed by atoms with Crippen molar-refractivity contribution in [2.24, 2.45) is 0 Å². The number of piperidine rings is 1. The first-order valence-corrected chi connectivity index (χ1v) is 8.93. The van der Waals surface area contributed by atoms with Crippen molar-refractivity contribution in [2.75, 3.05) is 33.4 Å². The number of carbonyl (C=O) groups is 1. The third kappa shape index (κ3) is 6.61. The highest BCUT2D eigenvalue weighted by molar-refractivity contribution is 5.92. The summed E-state index contributed by atoms with van der Waals surface area (Å²) in [6.45, 7) is 6.87. The number of aliphatic hydroxyl groups excluding tert-OH is 1. The van der Waals surface area contributed by atoms with Crippen LogP contribution < -0.4 is 5.32 Å². The fraction of sp³-hybridized carbons (Fsp3) is 0.550. The third-order valence-electron chi connectivity index (χ3n) is 4.60. The van der Waals surface area contributed by atoms with Gasteiger partial charge in [-0.05, 0) is 43.9 Å². The maximum absolute atomic E-state index is 12.1. The summed E-state index contributed by atoms with van der Waals surface area (Å²) in [7, 11) is 1.59. The molecular weight excluding hydrogens is 316 g/mol. The van der Waals surface area contributed by atoms with E-state index in [0.29, 0.717) is 13.2 Å². The average molecular weight is 346 g/mol. The van der Waals surface area contributed by atoms with E-state index < -0.39 is 6.10 Å². The van der Waals surface area contributed by atoms with Gasteiger partial charge in [0.05, 0.1) is 12.7 Å². The highest BCUT2D eigenvalue weighted by atomic mass is 16.5. The highest BCUT2D eigenvalue weighted by Gasteiger charge is 2.21. The standard InChI is InChI=1S/C20H30N2O3/c1-15-4-5-17(16(2)12-15)6-7-20(24)21-18-8-10-22(11-9-18)13-19(23)14-25-3/h4-7,12,18-19,23H,8-11,13-14H2,1-3H3,(H,21,24)/b7-6+. The van der Waals surface area contributed by atoms with Gasteiger partial charge in [0.15, 0.2) is 0 Å². The highest BCUT2D eigenvalue weighted by Crippen LogP contribution is 2.13. The molecule has 5 heteroatoms. The van der Waals surface area contributed by atoms with Gasteiger partial charge in [0.2, 0.25) is 5.91 Å². The SMILES string of the molecule is COCC(O)CN1CCC(NC(=O)/C=C/c2ccc(C)cc2C)CC1. The van der Waals surface area contributed by atoms with Gasteiger partial charge in [-0.1, -0.05) is 23.8 Å². The molecule has 0 bridgehead atoms. The summed E-state index contributed by atoms with van der Waals surface area (Å²) in [4.78, 5) is 14.4. The van der Waals surface area contributed by atoms with E-state index in [2.05, 4.69) is 36.2 Å². The summed E-state index contributed by atoms with van der Waals surface area (Å²) >= 11 is 0. The number of rotatable bonds is 7. The van der Waals surface area contributed by atoms with Crippen molar-refractivity contribution >= 4 is 12.0 Å². The number of β-amino-alcohol motifs (C(OH)–C–C–N with tert-alkyl or cyclic N) is 1. The molecule has 25 heavy (non-hydrogen) atoms. The summed E-state index contributed by atoms with van der Waals surface area (Å²) in [6.07, 6.45) is 4.86. The van der Waals surface area contributed by atoms with Crippen molar-refractivity contribution in [2.45, 2.75) is 38.8 Å². The number of aliphatic hydroxyl groups is 1. The Labute approximate surface area is 150 Å². The van der Waals surface area contributed by atoms with Crippen LogP contribution in [0.2, 0.25) is 0 Å². The molecule has 138 valence electrons. The van der Waals surface area contributed by atoms with Crippen LogP contribution in [0.25, 0.3) is 6.08 Å². The summed E-state index contributed by atoms with van der Waals surface area (Å²) < 4.78 is 4.96. The first-order valence-electron chi connectivity index (χ1n) is 8.93. The smallest absolute Gasteiger partial charge is 0.244 e. The largest absolute Gasteiger partial charge is 0.389 e. The minimum atomic E-state index is -0.447. The minimum Gasteiger partial charge on any atom is -0.389 e. The number of benzene rings is 1. The summed E-state index contributed by atoms with van der Waals surface area (Å²) in [5, 5.41) is 12.9. The Kier molecular flexibility index (Phi) is 7.62. The lowest BCUT2D eigenvalue weighted by Crippen LogP contribution is -2.46. The zero-order chi connectivity index (χ0) is 18.2. The van der Waals surface area contributed by atoms with Crippen LogP contribution in [0.3, 0.4) is 0 Å². The number of likely N-dealkylation sites (tertiary alicyclic amines) is 1. The van der Waals surface area contributed by atoms with Crippen LogP contribution in [0.5, 0.6) is 0 Å². The second kappa shape index (κ2) is 9.70. The van der Waals surface area contributed by atoms with E-state index in [9.17, 15) is 9.90 Å². The van der Waals surface area contributed by atoms with E-state index in [0.717, 1.165) is 31.5 Å². The molecule has 0 radical (unpaired) electrons. The number of amides is 1. The molecule has 1 heterocycles. The van der Waals surface area contributed by atoms with Crippen LogP contribution in [-0.2, 0) is 9.53 Å². The topological polar surface area (TPSA) is 61.8 Å². The summed E-state index contributed by atoms with van der Waals surface area (Å²) in [5.74, 6) is -0.0437. The molecule has 1 aliphatic rings. The molecule has 0 saturated carbocycles. The van der Waals surface area contributed by atoms with Gasteiger partial charge in [-0.2, -0.15) is 0 Å². The maximum atomic E-state index is 12.1. The molecule has 0 spiro atoms. The van der Waals surface area contributed by atoms with Crippen LogP contribution in [0.1, 0.15) is 29.5 Å². The van der Waals surface area contributed by atoms with Gasteiger partial charge in [0.25, 0.3) is 0 Å². The molecule has 2 N–H and O–H groups in total. The van der Waals surface area contributed by atoms with Crippen LogP contribution in [0.15, 0.2) is 24.3 Å². The number of nitrogens with zero attached hydrogens (tertiary/aromatic N) is 1. The molecule has 1 aliphatic heterocycles. The van der Waals surface area contributed by atoms with Crippen molar-refractivity contribution < 1.29 is 14.6 Å². The number of carbonyl (C=O) groups excluding carboxylic acids is 1. The molecule has 1 aromatic rings. The Morgan fingerprint density at radius 3 is 2.76 bits per heavy atom. The monoisotopic (exact) mass is 346 g/mol. The zero-order valence-corrected chi connectivity index (χ0v) is 15.5. The van der Waals surface area contributed by atoms with Crippen molar-refractivity contribution in [3.05, 3.63) is 41.0 Å². The predicted octanol–water partition coefficient (Wildman–Crippen LogP) is 1.90. The number of aryl methyl sites for hydroxylation is 2. The minimum absolute atomic E-state index is 0.0437. The van der Waals surface area contributed by atoms with Gasteiger partial charge in [0, 0.05) is 38.9 Å². The van der Waals surface area contributed by atoms with Gasteiger partial charge in [-0.3, -0.25) is 4.79 Å². The number of hydrogen-bond acceptors (Lipinski definition) is 4. The molecule has 1 amide bonds. The summed E-state index contributed by atoms with van der Waals surface area (Å²) in [5.41, 5.74) is 3.47. The first-order chi connectivity index (χ1) is 12.0. The van der Waals surface area contributed by atoms with Crippen LogP contribution in [-0.4, -0.2) is 61.4 Å². The molecule has 1 unspecified atom stereocenters. The molecule has 1 aromatic carbocycles. The van der Waals surface area contributed by atoms with E-state index in [1.54, 1.807) is 13.2 Å². The lowest BCUT2D eigenvalue weighted by Gasteiger charge is -2.33. The molecule has 1 saturated heterocycles. The number of methoxy groups -OCH3 is 1. The quantitative estimate of drug-likeness (QED) is 0.741. The maximum Gasteiger partial charge on any atom is 0.244 e. The van der Waals surface area contributed by atoms with E-state index in [4.69, 9.17) is 4.74 Å². The van der Waals surface area contributed by atoms with Crippen molar-refractivity contribution in [1.82, 2.24) is 10.2 Å². The van der Waals surface area contributed by atoms with E-state index >= 15 is 0 Å². The second-order valence-corrected chi connectivity index (χ2v) is 6.89. The first kappa shape index (κ1) is 19.6. The Bertz CT molecular complexity index is 593. The van der Waals surface area contributed by atoms with E-state index in [1.165, 1.54) is 11.1 Å². The fourth-order valence-corrected chi connectivity index (χ4v) is 3.23. The van der Waals surface area contributed by atoms with Crippen LogP contribution in [0.4, 0.5) is 0 Å². The van der Waals surface area contributed by atoms with Gasteiger partial charge >= 0.3 is 0 Å². The van der Waals surface area contributed by atoms with E-state index in [1.807, 2.05) is 12.1 Å². The van der Waals surface area contributed by atoms with Crippen molar-refractivity contribution in [3.63, 3.8) is 0 Å². The van der Waals surface area contributed by atoms with Gasteiger partial charge in [-0.15, -0.1) is 0 Å². The molecule has 1 atom stereocenters. The van der Waals surface area contributed by atoms with Gasteiger partial charge in [0.1, 0.15) is 0 Å². The van der Waals surface area contributed by atoms with E-state index in [-0.39, 0.29) is 11.9 Å². The van der Waals surface area contributed by atoms with Crippen LogP contribution in [0, 0.1) is 13.8 Å². The molecule has 0 aromatic heterocycles. The molecule has 1 fully saturated rings. The molecule has 2 rings (SSSR count). The van der Waals surface area contributed by atoms with Crippen molar-refractivity contribution in [3.8, 4) is 0 Å². The summed E-state index contributed by atoms with van der Waals surface area (Å²) in [6, 6.07) is 6.41. The Morgan fingerprint density at radius 2 is 2.12 bits per heavy atom. The number of ether oxygens (including phenoxy) is 1. The Hall–Kier alpha value is -1.69. The third-order valence-corrected chi connectivity index (χ3v) is 4.60. The predicted molar refractivity (Wildman–Crippen MR) is 100 cm³/mol. The van der Waals surface area contributed by atoms with Crippen molar-refractivity contribution in [1.29, 1.82) is 0 Å². The average Bonchev–Trinajstić information content (AvgIpc) is 2.56. The normalized spacial score (nSPS) is 17.8. The number of nitrogens with one attached hydrogen (secondary N) is 1. The molecule has 0 aliphatic carbocycles. The number of hydrogen-bond donors (Lipinski definition) is 2. The lowest BCUT2D eigenvalue weighted by atomic mass is 10.0. The van der Waals surface area contributed by atoms with Gasteiger partial charge < -0.3 is 20.1 Å². The molecular formula is C20H30N2O3. The Morgan fingerprint density at radius 1 is 1.40 bits per heavy atom. The lowest BCUT2D eigenvalue weighted by molar-refractivity contribution is -0.117. The zero-order valence-electron chi connectivity index (χ0n) is 15.5. The Balaban J connectivity index is 1.75. The van der Waals surface area contributed by atoms with Gasteiger partial charge in [-0.25, -0.2) is 0 Å². The second-order valence-electron chi connectivity index (χ2n) is 6.89. The van der Waals surface area contributed by atoms with Crippen LogP contribution >= 0.6 is 0 Å².